The largest absolute Gasteiger partial charge is 0.490 e. The SMILES string of the molecule is CCn1c(C2CCN(Cc3ccc4c(c3)C[C@H](C)O4)CC2)n[nH]c1=O. The Hall–Kier alpha value is -2.08. The van der Waals surface area contributed by atoms with Crippen LogP contribution in [0.5, 0.6) is 5.75 Å². The number of rotatable bonds is 4. The number of aromatic amines is 1. The molecule has 4 rings (SSSR count). The highest BCUT2D eigenvalue weighted by Gasteiger charge is 2.25. The van der Waals surface area contributed by atoms with E-state index >= 15 is 0 Å². The smallest absolute Gasteiger partial charge is 0.343 e. The maximum Gasteiger partial charge on any atom is 0.343 e. The second kappa shape index (κ2) is 6.67. The fourth-order valence-corrected chi connectivity index (χ4v) is 4.13. The van der Waals surface area contributed by atoms with E-state index in [0.717, 1.165) is 50.5 Å². The van der Waals surface area contributed by atoms with Crippen LogP contribution in [0.3, 0.4) is 0 Å². The molecule has 0 amide bonds. The number of nitrogens with zero attached hydrogens (tertiary/aromatic N) is 3. The lowest BCUT2D eigenvalue weighted by Crippen LogP contribution is -2.33. The van der Waals surface area contributed by atoms with Crippen LogP contribution in [0.25, 0.3) is 0 Å². The summed E-state index contributed by atoms with van der Waals surface area (Å²) in [6.45, 7) is 7.86. The highest BCUT2D eigenvalue weighted by Crippen LogP contribution is 2.31. The molecule has 2 aromatic rings. The summed E-state index contributed by atoms with van der Waals surface area (Å²) in [5.74, 6) is 2.35. The highest BCUT2D eigenvalue weighted by atomic mass is 16.5. The van der Waals surface area contributed by atoms with Gasteiger partial charge in [-0.15, -0.1) is 0 Å². The van der Waals surface area contributed by atoms with E-state index in [9.17, 15) is 4.79 Å². The molecule has 6 nitrogen and oxygen atoms in total. The lowest BCUT2D eigenvalue weighted by molar-refractivity contribution is 0.200. The van der Waals surface area contributed by atoms with E-state index in [2.05, 4.69) is 40.2 Å². The molecule has 0 saturated carbocycles. The van der Waals surface area contributed by atoms with Gasteiger partial charge in [-0.2, -0.15) is 5.10 Å². The van der Waals surface area contributed by atoms with Crippen molar-refractivity contribution in [1.82, 2.24) is 19.7 Å². The Balaban J connectivity index is 1.38. The van der Waals surface area contributed by atoms with Crippen molar-refractivity contribution in [2.75, 3.05) is 13.1 Å². The monoisotopic (exact) mass is 342 g/mol. The van der Waals surface area contributed by atoms with Gasteiger partial charge in [0.25, 0.3) is 0 Å². The molecule has 6 heteroatoms. The lowest BCUT2D eigenvalue weighted by atomic mass is 9.95. The number of nitrogens with one attached hydrogen (secondary N) is 1. The van der Waals surface area contributed by atoms with E-state index in [1.165, 1.54) is 11.1 Å². The van der Waals surface area contributed by atoms with Gasteiger partial charge in [-0.05, 0) is 57.0 Å². The summed E-state index contributed by atoms with van der Waals surface area (Å²) in [6, 6.07) is 6.60. The molecular weight excluding hydrogens is 316 g/mol. The Bertz CT molecular complexity index is 802. The molecule has 134 valence electrons. The average molecular weight is 342 g/mol. The number of benzene rings is 1. The van der Waals surface area contributed by atoms with E-state index < -0.39 is 0 Å². The van der Waals surface area contributed by atoms with E-state index in [1.807, 2.05) is 6.92 Å². The van der Waals surface area contributed by atoms with E-state index in [1.54, 1.807) is 4.57 Å². The van der Waals surface area contributed by atoms with Crippen LogP contribution in [-0.2, 0) is 19.5 Å². The highest BCUT2D eigenvalue weighted by molar-refractivity contribution is 5.40. The molecule has 0 aliphatic carbocycles. The Kier molecular flexibility index (Phi) is 4.37. The third kappa shape index (κ3) is 3.23. The Morgan fingerprint density at radius 3 is 2.88 bits per heavy atom. The number of ether oxygens (including phenoxy) is 1. The minimum Gasteiger partial charge on any atom is -0.490 e. The fourth-order valence-electron chi connectivity index (χ4n) is 4.13. The lowest BCUT2D eigenvalue weighted by Gasteiger charge is -2.31. The second-order valence-corrected chi connectivity index (χ2v) is 7.26. The molecular formula is C19H26N4O2. The van der Waals surface area contributed by atoms with Gasteiger partial charge in [0, 0.05) is 25.4 Å². The van der Waals surface area contributed by atoms with Crippen LogP contribution in [0.4, 0.5) is 0 Å². The molecule has 2 aliphatic rings. The maximum absolute atomic E-state index is 11.8. The molecule has 0 radical (unpaired) electrons. The minimum absolute atomic E-state index is 0.0884. The van der Waals surface area contributed by atoms with Crippen LogP contribution in [0.1, 0.15) is 49.6 Å². The third-order valence-corrected chi connectivity index (χ3v) is 5.42. The van der Waals surface area contributed by atoms with Crippen LogP contribution < -0.4 is 10.4 Å². The van der Waals surface area contributed by atoms with Crippen molar-refractivity contribution in [2.45, 2.75) is 58.2 Å². The number of piperidine rings is 1. The fraction of sp³-hybridized carbons (Fsp3) is 0.579. The van der Waals surface area contributed by atoms with Gasteiger partial charge >= 0.3 is 5.69 Å². The summed E-state index contributed by atoms with van der Waals surface area (Å²) < 4.78 is 7.55. The number of likely N-dealkylation sites (tertiary alicyclic amines) is 1. The molecule has 1 atom stereocenters. The number of hydrogen-bond acceptors (Lipinski definition) is 4. The normalized spacial score (nSPS) is 21.3. The zero-order chi connectivity index (χ0) is 17.4. The van der Waals surface area contributed by atoms with Crippen molar-refractivity contribution >= 4 is 0 Å². The number of H-pyrrole nitrogens is 1. The first-order chi connectivity index (χ1) is 12.1. The van der Waals surface area contributed by atoms with Gasteiger partial charge in [-0.1, -0.05) is 12.1 Å². The van der Waals surface area contributed by atoms with E-state index in [-0.39, 0.29) is 5.69 Å². The zero-order valence-corrected chi connectivity index (χ0v) is 15.0. The van der Waals surface area contributed by atoms with Gasteiger partial charge in [0.2, 0.25) is 0 Å². The van der Waals surface area contributed by atoms with Gasteiger partial charge in [0.05, 0.1) is 0 Å². The predicted octanol–water partition coefficient (Wildman–Crippen LogP) is 2.29. The first-order valence-electron chi connectivity index (χ1n) is 9.30. The van der Waals surface area contributed by atoms with Crippen molar-refractivity contribution in [3.05, 3.63) is 45.6 Å². The van der Waals surface area contributed by atoms with Crippen molar-refractivity contribution in [1.29, 1.82) is 0 Å². The molecule has 3 heterocycles. The topological polar surface area (TPSA) is 63.1 Å². The summed E-state index contributed by atoms with van der Waals surface area (Å²) in [5, 5.41) is 6.85. The molecule has 0 bridgehead atoms. The summed E-state index contributed by atoms with van der Waals surface area (Å²) >= 11 is 0. The van der Waals surface area contributed by atoms with Gasteiger partial charge in [-0.3, -0.25) is 9.47 Å². The van der Waals surface area contributed by atoms with E-state index in [0.29, 0.717) is 18.6 Å². The minimum atomic E-state index is -0.0884. The first kappa shape index (κ1) is 16.4. The van der Waals surface area contributed by atoms with Crippen LogP contribution in [0.15, 0.2) is 23.0 Å². The summed E-state index contributed by atoms with van der Waals surface area (Å²) in [4.78, 5) is 14.3. The summed E-state index contributed by atoms with van der Waals surface area (Å²) in [6.07, 6.45) is 3.41. The number of hydrogen-bond donors (Lipinski definition) is 1. The molecule has 1 fully saturated rings. The molecule has 1 aromatic carbocycles. The molecule has 0 unspecified atom stereocenters. The number of fused-ring (bicyclic) bond motifs is 1. The molecule has 1 N–H and O–H groups in total. The van der Waals surface area contributed by atoms with Crippen molar-refractivity contribution in [3.8, 4) is 5.75 Å². The molecule has 1 saturated heterocycles. The molecule has 1 aromatic heterocycles. The van der Waals surface area contributed by atoms with Gasteiger partial charge < -0.3 is 4.74 Å². The summed E-state index contributed by atoms with van der Waals surface area (Å²) in [7, 11) is 0. The van der Waals surface area contributed by atoms with Gasteiger partial charge in [0.1, 0.15) is 17.7 Å². The van der Waals surface area contributed by atoms with Crippen molar-refractivity contribution in [3.63, 3.8) is 0 Å². The van der Waals surface area contributed by atoms with E-state index in [4.69, 9.17) is 4.74 Å². The van der Waals surface area contributed by atoms with Gasteiger partial charge in [0.15, 0.2) is 0 Å². The Morgan fingerprint density at radius 1 is 1.32 bits per heavy atom. The zero-order valence-electron chi connectivity index (χ0n) is 15.0. The molecule has 25 heavy (non-hydrogen) atoms. The molecule has 2 aliphatic heterocycles. The van der Waals surface area contributed by atoms with Crippen LogP contribution in [0.2, 0.25) is 0 Å². The molecule has 0 spiro atoms. The third-order valence-electron chi connectivity index (χ3n) is 5.42. The standard InChI is InChI=1S/C19H26N4O2/c1-3-23-18(20-21-19(23)24)15-6-8-22(9-7-15)12-14-4-5-17-16(11-14)10-13(2)25-17/h4-5,11,13,15H,3,6-10,12H2,1-2H3,(H,21,24)/t13-/m0/s1. The van der Waals surface area contributed by atoms with Crippen LogP contribution >= 0.6 is 0 Å². The van der Waals surface area contributed by atoms with Crippen LogP contribution in [-0.4, -0.2) is 38.9 Å². The summed E-state index contributed by atoms with van der Waals surface area (Å²) in [5.41, 5.74) is 2.61. The first-order valence-corrected chi connectivity index (χ1v) is 9.30. The Labute approximate surface area is 147 Å². The quantitative estimate of drug-likeness (QED) is 0.926. The Morgan fingerprint density at radius 2 is 2.12 bits per heavy atom. The predicted molar refractivity (Wildman–Crippen MR) is 96.0 cm³/mol. The van der Waals surface area contributed by atoms with Crippen molar-refractivity contribution in [2.24, 2.45) is 0 Å². The number of aromatic nitrogens is 3. The van der Waals surface area contributed by atoms with Crippen LogP contribution in [0, 0.1) is 0 Å². The van der Waals surface area contributed by atoms with Crippen molar-refractivity contribution < 1.29 is 4.74 Å². The maximum atomic E-state index is 11.8. The average Bonchev–Trinajstić information content (AvgIpc) is 3.16. The van der Waals surface area contributed by atoms with Gasteiger partial charge in [-0.25, -0.2) is 9.89 Å². The second-order valence-electron chi connectivity index (χ2n) is 7.26.